The maximum absolute atomic E-state index is 12.8. The van der Waals surface area contributed by atoms with Crippen LogP contribution >= 0.6 is 0 Å². The summed E-state index contributed by atoms with van der Waals surface area (Å²) in [6.07, 6.45) is -3.77. The van der Waals surface area contributed by atoms with Crippen molar-refractivity contribution in [1.29, 1.82) is 0 Å². The number of alkyl halides is 3. The van der Waals surface area contributed by atoms with Crippen LogP contribution in [0.1, 0.15) is 17.8 Å². The summed E-state index contributed by atoms with van der Waals surface area (Å²) >= 11 is 0. The van der Waals surface area contributed by atoms with Gasteiger partial charge in [-0.3, -0.25) is 14.4 Å². The van der Waals surface area contributed by atoms with Crippen molar-refractivity contribution in [2.24, 2.45) is 0 Å². The third-order valence-corrected chi connectivity index (χ3v) is 3.56. The average molecular weight is 334 g/mol. The van der Waals surface area contributed by atoms with Crippen LogP contribution in [0.25, 0.3) is 0 Å². The lowest BCUT2D eigenvalue weighted by molar-refractivity contribution is -0.144. The highest BCUT2D eigenvalue weighted by Gasteiger charge is 2.35. The highest BCUT2D eigenvalue weighted by Crippen LogP contribution is 2.29. The van der Waals surface area contributed by atoms with E-state index >= 15 is 0 Å². The van der Waals surface area contributed by atoms with Gasteiger partial charge in [-0.25, -0.2) is 0 Å². The van der Waals surface area contributed by atoms with E-state index < -0.39 is 24.3 Å². The number of carbonyl (C=O) groups is 1. The van der Waals surface area contributed by atoms with Gasteiger partial charge in [-0.1, -0.05) is 0 Å². The van der Waals surface area contributed by atoms with E-state index in [1.165, 1.54) is 6.92 Å². The minimum Gasteiger partial charge on any atom is -0.379 e. The summed E-state index contributed by atoms with van der Waals surface area (Å²) < 4.78 is 44.4. The molecule has 1 aliphatic rings. The Balaban J connectivity index is 1.74. The molecule has 1 fully saturated rings. The van der Waals surface area contributed by atoms with Crippen LogP contribution in [0.2, 0.25) is 0 Å². The van der Waals surface area contributed by atoms with Crippen LogP contribution in [-0.4, -0.2) is 60.0 Å². The van der Waals surface area contributed by atoms with E-state index in [2.05, 4.69) is 15.3 Å². The molecule has 0 spiro atoms. The first kappa shape index (κ1) is 17.7. The van der Waals surface area contributed by atoms with E-state index in [9.17, 15) is 18.0 Å². The van der Waals surface area contributed by atoms with Crippen molar-refractivity contribution in [2.45, 2.75) is 26.1 Å². The molecule has 1 aliphatic heterocycles. The van der Waals surface area contributed by atoms with E-state index in [1.54, 1.807) is 0 Å². The second kappa shape index (κ2) is 7.78. The minimum atomic E-state index is -4.52. The van der Waals surface area contributed by atoms with Crippen molar-refractivity contribution in [2.75, 3.05) is 39.4 Å². The second-order valence-corrected chi connectivity index (χ2v) is 5.48. The first-order valence-electron chi connectivity index (χ1n) is 7.55. The highest BCUT2D eigenvalue weighted by molar-refractivity contribution is 5.75. The average Bonchev–Trinajstić information content (AvgIpc) is 2.85. The number of nitrogens with one attached hydrogen (secondary N) is 1. The van der Waals surface area contributed by atoms with E-state index in [4.69, 9.17) is 4.74 Å². The van der Waals surface area contributed by atoms with E-state index in [0.717, 1.165) is 32.1 Å². The fourth-order valence-corrected chi connectivity index (χ4v) is 2.44. The van der Waals surface area contributed by atoms with Gasteiger partial charge in [-0.15, -0.1) is 0 Å². The van der Waals surface area contributed by atoms with Crippen LogP contribution < -0.4 is 5.32 Å². The van der Waals surface area contributed by atoms with Crippen molar-refractivity contribution in [3.63, 3.8) is 0 Å². The zero-order valence-corrected chi connectivity index (χ0v) is 13.0. The van der Waals surface area contributed by atoms with Gasteiger partial charge in [0.1, 0.15) is 12.2 Å². The van der Waals surface area contributed by atoms with Gasteiger partial charge in [0.05, 0.1) is 18.9 Å². The lowest BCUT2D eigenvalue weighted by atomic mass is 10.3. The largest absolute Gasteiger partial charge is 0.433 e. The maximum Gasteiger partial charge on any atom is 0.433 e. The predicted octanol–water partition coefficient (Wildman–Crippen LogP) is 1.05. The van der Waals surface area contributed by atoms with Crippen LogP contribution in [-0.2, 0) is 22.3 Å². The summed E-state index contributed by atoms with van der Waals surface area (Å²) in [6, 6.07) is 0.936. The maximum atomic E-state index is 12.8. The minimum absolute atomic E-state index is 0.234. The Hall–Kier alpha value is -1.61. The number of ether oxygens (including phenoxy) is 1. The fraction of sp³-hybridized carbons (Fsp3) is 0.714. The first-order valence-corrected chi connectivity index (χ1v) is 7.55. The molecule has 0 atom stereocenters. The van der Waals surface area contributed by atoms with Gasteiger partial charge in [-0.05, 0) is 26.0 Å². The summed E-state index contributed by atoms with van der Waals surface area (Å²) in [6.45, 7) is 5.46. The molecule has 0 radical (unpaired) electrons. The van der Waals surface area contributed by atoms with E-state index in [1.807, 2.05) is 0 Å². The Morgan fingerprint density at radius 2 is 2.09 bits per heavy atom. The number of aromatic nitrogens is 2. The zero-order valence-electron chi connectivity index (χ0n) is 13.0. The Morgan fingerprint density at radius 1 is 1.39 bits per heavy atom. The Morgan fingerprint density at radius 3 is 2.74 bits per heavy atom. The van der Waals surface area contributed by atoms with Crippen molar-refractivity contribution in [3.05, 3.63) is 17.5 Å². The zero-order chi connectivity index (χ0) is 16.9. The molecule has 0 saturated carbocycles. The summed E-state index contributed by atoms with van der Waals surface area (Å²) in [5.41, 5.74) is -0.670. The molecule has 1 N–H and O–H groups in total. The molecule has 1 saturated heterocycles. The quantitative estimate of drug-likeness (QED) is 0.790. The fourth-order valence-electron chi connectivity index (χ4n) is 2.44. The number of halogens is 3. The monoisotopic (exact) mass is 334 g/mol. The van der Waals surface area contributed by atoms with Crippen LogP contribution in [0.5, 0.6) is 0 Å². The molecule has 9 heteroatoms. The summed E-state index contributed by atoms with van der Waals surface area (Å²) in [5.74, 6) is -0.472. The SMILES string of the molecule is Cc1cc(C(F)(F)F)n(CC(=O)NCCCN2CCOCC2)n1. The number of amides is 1. The lowest BCUT2D eigenvalue weighted by Gasteiger charge is -2.26. The van der Waals surface area contributed by atoms with Crippen molar-refractivity contribution >= 4 is 5.91 Å². The molecule has 1 amide bonds. The van der Waals surface area contributed by atoms with Gasteiger partial charge < -0.3 is 10.1 Å². The third kappa shape index (κ3) is 5.51. The molecule has 0 bridgehead atoms. The molecule has 1 aromatic rings. The molecular formula is C14H21F3N4O2. The van der Waals surface area contributed by atoms with Gasteiger partial charge >= 0.3 is 6.18 Å². The molecule has 6 nitrogen and oxygen atoms in total. The van der Waals surface area contributed by atoms with Crippen LogP contribution in [0, 0.1) is 6.92 Å². The predicted molar refractivity (Wildman–Crippen MR) is 76.9 cm³/mol. The van der Waals surface area contributed by atoms with E-state index in [0.29, 0.717) is 24.4 Å². The highest BCUT2D eigenvalue weighted by atomic mass is 19.4. The van der Waals surface area contributed by atoms with Gasteiger partial charge in [0.15, 0.2) is 0 Å². The van der Waals surface area contributed by atoms with Gasteiger partial charge in [-0.2, -0.15) is 18.3 Å². The number of carbonyl (C=O) groups excluding carboxylic acids is 1. The van der Waals surface area contributed by atoms with E-state index in [-0.39, 0.29) is 5.69 Å². The topological polar surface area (TPSA) is 59.4 Å². The lowest BCUT2D eigenvalue weighted by Crippen LogP contribution is -2.38. The Kier molecular flexibility index (Phi) is 6.00. The van der Waals surface area contributed by atoms with Gasteiger partial charge in [0, 0.05) is 19.6 Å². The molecule has 0 unspecified atom stereocenters. The first-order chi connectivity index (χ1) is 10.9. The number of aryl methyl sites for hydroxylation is 1. The molecule has 23 heavy (non-hydrogen) atoms. The molecule has 0 aromatic carbocycles. The number of morpholine rings is 1. The van der Waals surface area contributed by atoms with Crippen LogP contribution in [0.3, 0.4) is 0 Å². The van der Waals surface area contributed by atoms with Gasteiger partial charge in [0.25, 0.3) is 0 Å². The normalized spacial score (nSPS) is 16.5. The summed E-state index contributed by atoms with van der Waals surface area (Å²) in [5, 5.41) is 6.37. The molecule has 0 aliphatic carbocycles. The van der Waals surface area contributed by atoms with Crippen LogP contribution in [0.15, 0.2) is 6.07 Å². The van der Waals surface area contributed by atoms with Crippen LogP contribution in [0.4, 0.5) is 13.2 Å². The second-order valence-electron chi connectivity index (χ2n) is 5.48. The number of hydrogen-bond acceptors (Lipinski definition) is 4. The van der Waals surface area contributed by atoms with Crippen molar-refractivity contribution in [1.82, 2.24) is 20.0 Å². The third-order valence-electron chi connectivity index (χ3n) is 3.56. The Labute approximate surface area is 132 Å². The molecular weight excluding hydrogens is 313 g/mol. The smallest absolute Gasteiger partial charge is 0.379 e. The summed E-state index contributed by atoms with van der Waals surface area (Å²) in [4.78, 5) is 14.0. The molecule has 2 heterocycles. The number of rotatable bonds is 6. The summed E-state index contributed by atoms with van der Waals surface area (Å²) in [7, 11) is 0. The number of nitrogens with zero attached hydrogens (tertiary/aromatic N) is 3. The van der Waals surface area contributed by atoms with Crippen molar-refractivity contribution in [3.8, 4) is 0 Å². The molecule has 2 rings (SSSR count). The standard InChI is InChI=1S/C14H21F3N4O2/c1-11-9-12(14(15,16)17)21(19-11)10-13(22)18-3-2-4-20-5-7-23-8-6-20/h9H,2-8,10H2,1H3,(H,18,22). The number of hydrogen-bond donors (Lipinski definition) is 1. The molecule has 130 valence electrons. The Bertz CT molecular complexity index is 525. The van der Waals surface area contributed by atoms with Gasteiger partial charge in [0.2, 0.25) is 5.91 Å². The van der Waals surface area contributed by atoms with Crippen molar-refractivity contribution < 1.29 is 22.7 Å². The molecule has 1 aromatic heterocycles.